The number of hydrogen-bond donors (Lipinski definition) is 2. The number of halogens is 1. The SMILES string of the molecule is CCNC(=NCc1ccc(N2CCOC(C)C2)nc1)NCCCOCC(C)C.I. The minimum atomic E-state index is 0. The first-order valence-electron chi connectivity index (χ1n) is 10.5. The third-order valence-corrected chi connectivity index (χ3v) is 4.35. The van der Waals surface area contributed by atoms with Gasteiger partial charge in [0, 0.05) is 45.6 Å². The second-order valence-corrected chi connectivity index (χ2v) is 7.60. The van der Waals surface area contributed by atoms with Gasteiger partial charge in [-0.3, -0.25) is 0 Å². The number of ether oxygens (including phenoxy) is 2. The van der Waals surface area contributed by atoms with Gasteiger partial charge in [0.1, 0.15) is 5.82 Å². The van der Waals surface area contributed by atoms with E-state index in [1.54, 1.807) is 0 Å². The van der Waals surface area contributed by atoms with Gasteiger partial charge in [0.2, 0.25) is 0 Å². The molecule has 1 aromatic heterocycles. The summed E-state index contributed by atoms with van der Waals surface area (Å²) in [5, 5.41) is 6.65. The molecule has 0 aromatic carbocycles. The van der Waals surface area contributed by atoms with Crippen LogP contribution in [0.25, 0.3) is 0 Å². The summed E-state index contributed by atoms with van der Waals surface area (Å²) in [5.74, 6) is 2.42. The molecule has 1 fully saturated rings. The number of nitrogens with one attached hydrogen (secondary N) is 2. The standard InChI is InChI=1S/C21H37N5O2.HI/c1-5-22-21(23-9-6-11-27-16-17(2)3)25-14-19-7-8-20(24-13-19)26-10-12-28-18(4)15-26;/h7-8,13,17-18H,5-6,9-12,14-16H2,1-4H3,(H2,22,23,25);1H. The number of anilines is 1. The average molecular weight is 519 g/mol. The van der Waals surface area contributed by atoms with Crippen molar-refractivity contribution in [2.24, 2.45) is 10.9 Å². The maximum atomic E-state index is 5.61. The maximum absolute atomic E-state index is 5.61. The molecule has 1 aliphatic heterocycles. The number of rotatable bonds is 10. The molecule has 8 heteroatoms. The lowest BCUT2D eigenvalue weighted by atomic mass is 10.2. The number of hydrogen-bond acceptors (Lipinski definition) is 5. The highest BCUT2D eigenvalue weighted by molar-refractivity contribution is 14.0. The second-order valence-electron chi connectivity index (χ2n) is 7.60. The quantitative estimate of drug-likeness (QED) is 0.214. The third kappa shape index (κ3) is 10.5. The van der Waals surface area contributed by atoms with E-state index in [-0.39, 0.29) is 30.1 Å². The molecule has 1 unspecified atom stereocenters. The van der Waals surface area contributed by atoms with Crippen molar-refractivity contribution in [3.05, 3.63) is 23.9 Å². The third-order valence-electron chi connectivity index (χ3n) is 4.35. The first-order valence-corrected chi connectivity index (χ1v) is 10.5. The fourth-order valence-corrected chi connectivity index (χ4v) is 2.94. The fraction of sp³-hybridized carbons (Fsp3) is 0.714. The molecule has 0 radical (unpaired) electrons. The Kier molecular flexibility index (Phi) is 13.2. The van der Waals surface area contributed by atoms with Gasteiger partial charge in [-0.15, -0.1) is 24.0 Å². The van der Waals surface area contributed by atoms with E-state index < -0.39 is 0 Å². The minimum absolute atomic E-state index is 0. The molecule has 1 aromatic rings. The Morgan fingerprint density at radius 2 is 2.21 bits per heavy atom. The Hall–Kier alpha value is -1.13. The van der Waals surface area contributed by atoms with Crippen LogP contribution in [0.3, 0.4) is 0 Å². The van der Waals surface area contributed by atoms with E-state index in [9.17, 15) is 0 Å². The number of morpholine rings is 1. The molecule has 2 rings (SSSR count). The first-order chi connectivity index (χ1) is 13.6. The van der Waals surface area contributed by atoms with Gasteiger partial charge < -0.3 is 25.0 Å². The maximum Gasteiger partial charge on any atom is 0.191 e. The van der Waals surface area contributed by atoms with Crippen LogP contribution in [0.15, 0.2) is 23.3 Å². The van der Waals surface area contributed by atoms with Crippen molar-refractivity contribution in [3.8, 4) is 0 Å². The molecule has 7 nitrogen and oxygen atoms in total. The molecule has 166 valence electrons. The molecule has 2 N–H and O–H groups in total. The van der Waals surface area contributed by atoms with E-state index in [1.807, 2.05) is 6.20 Å². The van der Waals surface area contributed by atoms with Gasteiger partial charge in [0.15, 0.2) is 5.96 Å². The minimum Gasteiger partial charge on any atom is -0.381 e. The predicted molar refractivity (Wildman–Crippen MR) is 130 cm³/mol. The first kappa shape index (κ1) is 25.9. The molecule has 0 bridgehead atoms. The summed E-state index contributed by atoms with van der Waals surface area (Å²) >= 11 is 0. The Bertz CT molecular complexity index is 583. The normalized spacial score (nSPS) is 17.2. The number of pyridine rings is 1. The largest absolute Gasteiger partial charge is 0.381 e. The van der Waals surface area contributed by atoms with Crippen LogP contribution < -0.4 is 15.5 Å². The van der Waals surface area contributed by atoms with Crippen LogP contribution in [0.1, 0.15) is 39.7 Å². The summed E-state index contributed by atoms with van der Waals surface area (Å²) in [6, 6.07) is 4.19. The monoisotopic (exact) mass is 519 g/mol. The molecule has 0 saturated carbocycles. The molecule has 2 heterocycles. The Labute approximate surface area is 193 Å². The van der Waals surface area contributed by atoms with Crippen molar-refractivity contribution in [2.45, 2.75) is 46.8 Å². The smallest absolute Gasteiger partial charge is 0.191 e. The predicted octanol–water partition coefficient (Wildman–Crippen LogP) is 3.04. The van der Waals surface area contributed by atoms with Crippen LogP contribution in [0, 0.1) is 5.92 Å². The zero-order valence-electron chi connectivity index (χ0n) is 18.3. The van der Waals surface area contributed by atoms with Gasteiger partial charge in [-0.1, -0.05) is 19.9 Å². The van der Waals surface area contributed by atoms with Crippen LogP contribution in [-0.2, 0) is 16.0 Å². The molecule has 0 aliphatic carbocycles. The van der Waals surface area contributed by atoms with Crippen LogP contribution in [-0.4, -0.2) is 63.0 Å². The van der Waals surface area contributed by atoms with Crippen molar-refractivity contribution in [1.29, 1.82) is 0 Å². The van der Waals surface area contributed by atoms with Crippen LogP contribution in [0.5, 0.6) is 0 Å². The summed E-state index contributed by atoms with van der Waals surface area (Å²) in [4.78, 5) is 11.6. The second kappa shape index (κ2) is 14.8. The molecule has 29 heavy (non-hydrogen) atoms. The van der Waals surface area contributed by atoms with E-state index >= 15 is 0 Å². The Morgan fingerprint density at radius 1 is 1.38 bits per heavy atom. The molecule has 1 atom stereocenters. The van der Waals surface area contributed by atoms with Gasteiger partial charge in [-0.25, -0.2) is 9.98 Å². The Morgan fingerprint density at radius 3 is 2.86 bits per heavy atom. The van der Waals surface area contributed by atoms with Crippen LogP contribution in [0.2, 0.25) is 0 Å². The average Bonchev–Trinajstić information content (AvgIpc) is 2.69. The molecular weight excluding hydrogens is 481 g/mol. The van der Waals surface area contributed by atoms with Crippen LogP contribution >= 0.6 is 24.0 Å². The van der Waals surface area contributed by atoms with Gasteiger partial charge >= 0.3 is 0 Å². The molecular formula is C21H38IN5O2. The van der Waals surface area contributed by atoms with Crippen LogP contribution in [0.4, 0.5) is 5.82 Å². The van der Waals surface area contributed by atoms with Gasteiger partial charge in [0.25, 0.3) is 0 Å². The topological polar surface area (TPSA) is 71.0 Å². The van der Waals surface area contributed by atoms with E-state index in [1.165, 1.54) is 0 Å². The highest BCUT2D eigenvalue weighted by Crippen LogP contribution is 2.15. The lowest BCUT2D eigenvalue weighted by Crippen LogP contribution is -2.41. The van der Waals surface area contributed by atoms with E-state index in [0.717, 1.165) is 69.8 Å². The van der Waals surface area contributed by atoms with Crippen molar-refractivity contribution in [3.63, 3.8) is 0 Å². The van der Waals surface area contributed by atoms with Gasteiger partial charge in [-0.2, -0.15) is 0 Å². The number of aromatic nitrogens is 1. The summed E-state index contributed by atoms with van der Waals surface area (Å²) in [6.07, 6.45) is 3.14. The van der Waals surface area contributed by atoms with E-state index in [0.29, 0.717) is 12.5 Å². The lowest BCUT2D eigenvalue weighted by molar-refractivity contribution is 0.0529. The summed E-state index contributed by atoms with van der Waals surface area (Å²) in [6.45, 7) is 14.9. The van der Waals surface area contributed by atoms with Crippen molar-refractivity contribution >= 4 is 35.8 Å². The molecule has 0 amide bonds. The fourth-order valence-electron chi connectivity index (χ4n) is 2.94. The van der Waals surface area contributed by atoms with Crippen molar-refractivity contribution in [1.82, 2.24) is 15.6 Å². The summed E-state index contributed by atoms with van der Waals surface area (Å²) in [5.41, 5.74) is 1.10. The molecule has 1 aliphatic rings. The van der Waals surface area contributed by atoms with Gasteiger partial charge in [-0.05, 0) is 37.8 Å². The zero-order chi connectivity index (χ0) is 20.2. The van der Waals surface area contributed by atoms with E-state index in [2.05, 4.69) is 65.3 Å². The lowest BCUT2D eigenvalue weighted by Gasteiger charge is -2.32. The molecule has 1 saturated heterocycles. The highest BCUT2D eigenvalue weighted by atomic mass is 127. The zero-order valence-corrected chi connectivity index (χ0v) is 20.6. The number of aliphatic imine (C=N–C) groups is 1. The van der Waals surface area contributed by atoms with Crippen molar-refractivity contribution < 1.29 is 9.47 Å². The number of guanidine groups is 1. The number of nitrogens with zero attached hydrogens (tertiary/aromatic N) is 3. The summed E-state index contributed by atoms with van der Waals surface area (Å²) in [7, 11) is 0. The van der Waals surface area contributed by atoms with E-state index in [4.69, 9.17) is 9.47 Å². The summed E-state index contributed by atoms with van der Waals surface area (Å²) < 4.78 is 11.2. The molecule has 0 spiro atoms. The highest BCUT2D eigenvalue weighted by Gasteiger charge is 2.17. The van der Waals surface area contributed by atoms with Crippen molar-refractivity contribution in [2.75, 3.05) is 50.9 Å². The Balaban J connectivity index is 0.00000420. The van der Waals surface area contributed by atoms with Gasteiger partial charge in [0.05, 0.1) is 19.3 Å².